The number of aromatic amines is 1. The van der Waals surface area contributed by atoms with E-state index >= 15 is 0 Å². The molecular weight excluding hydrogens is 310 g/mol. The van der Waals surface area contributed by atoms with Gasteiger partial charge < -0.3 is 15.4 Å². The van der Waals surface area contributed by atoms with Gasteiger partial charge in [0, 0.05) is 0 Å². The molecule has 3 rings (SSSR count). The normalized spacial score (nSPS) is 17.3. The summed E-state index contributed by atoms with van der Waals surface area (Å²) in [7, 11) is 0. The summed E-state index contributed by atoms with van der Waals surface area (Å²) in [6.45, 7) is -0.197. The third kappa shape index (κ3) is 3.06. The molecule has 0 radical (unpaired) electrons. The van der Waals surface area contributed by atoms with Crippen LogP contribution in [0, 0.1) is 0 Å². The number of carboxylic acid groups (broad SMARTS) is 1. The lowest BCUT2D eigenvalue weighted by molar-refractivity contribution is -0.148. The van der Waals surface area contributed by atoms with E-state index < -0.39 is 17.4 Å². The van der Waals surface area contributed by atoms with Crippen molar-refractivity contribution in [2.75, 3.05) is 0 Å². The Balaban J connectivity index is 1.82. The highest BCUT2D eigenvalue weighted by atomic mass is 16.4. The predicted molar refractivity (Wildman–Crippen MR) is 88.8 cm³/mol. The van der Waals surface area contributed by atoms with Crippen molar-refractivity contribution in [1.29, 1.82) is 0 Å². The molecule has 7 heteroatoms. The van der Waals surface area contributed by atoms with Crippen LogP contribution < -0.4 is 11.0 Å². The second kappa shape index (κ2) is 6.51. The van der Waals surface area contributed by atoms with Crippen molar-refractivity contribution in [3.05, 3.63) is 34.7 Å². The van der Waals surface area contributed by atoms with Gasteiger partial charge in [-0.3, -0.25) is 9.36 Å². The molecule has 0 bridgehead atoms. The fraction of sp³-hybridized carbons (Fsp3) is 0.471. The Morgan fingerprint density at radius 2 is 1.83 bits per heavy atom. The summed E-state index contributed by atoms with van der Waals surface area (Å²) in [6.07, 6.45) is 4.37. The number of amides is 1. The molecule has 128 valence electrons. The first-order valence-electron chi connectivity index (χ1n) is 8.24. The zero-order valence-corrected chi connectivity index (χ0v) is 13.4. The van der Waals surface area contributed by atoms with Crippen LogP contribution in [-0.2, 0) is 16.1 Å². The smallest absolute Gasteiger partial charge is 0.329 e. The topological polar surface area (TPSA) is 104 Å². The maximum atomic E-state index is 12.4. The summed E-state index contributed by atoms with van der Waals surface area (Å²) >= 11 is 0. The number of carboxylic acids is 1. The number of hydrogen-bond acceptors (Lipinski definition) is 3. The van der Waals surface area contributed by atoms with Gasteiger partial charge in [0.25, 0.3) is 0 Å². The third-order valence-electron chi connectivity index (χ3n) is 4.73. The van der Waals surface area contributed by atoms with Crippen LogP contribution in [-0.4, -0.2) is 32.1 Å². The molecule has 3 N–H and O–H groups in total. The summed E-state index contributed by atoms with van der Waals surface area (Å²) in [4.78, 5) is 38.9. The van der Waals surface area contributed by atoms with Crippen LogP contribution in [0.15, 0.2) is 29.1 Å². The molecule has 2 aromatic rings. The maximum absolute atomic E-state index is 12.4. The van der Waals surface area contributed by atoms with Crippen LogP contribution in [0.4, 0.5) is 0 Å². The van der Waals surface area contributed by atoms with Crippen LogP contribution >= 0.6 is 0 Å². The van der Waals surface area contributed by atoms with Gasteiger partial charge in [-0.1, -0.05) is 37.8 Å². The fourth-order valence-corrected chi connectivity index (χ4v) is 3.44. The molecule has 0 saturated heterocycles. The number of fused-ring (bicyclic) bond motifs is 1. The minimum absolute atomic E-state index is 0.197. The predicted octanol–water partition coefficient (Wildman–Crippen LogP) is 1.62. The zero-order valence-electron chi connectivity index (χ0n) is 13.4. The number of carbonyl (C=O) groups excluding carboxylic acids is 1. The van der Waals surface area contributed by atoms with Gasteiger partial charge in [-0.15, -0.1) is 0 Å². The number of imidazole rings is 1. The number of carbonyl (C=O) groups is 2. The van der Waals surface area contributed by atoms with Crippen molar-refractivity contribution in [2.24, 2.45) is 0 Å². The Morgan fingerprint density at radius 3 is 2.50 bits per heavy atom. The molecule has 0 unspecified atom stereocenters. The quantitative estimate of drug-likeness (QED) is 0.741. The molecule has 1 amide bonds. The molecule has 1 fully saturated rings. The van der Waals surface area contributed by atoms with Crippen LogP contribution in [0.2, 0.25) is 0 Å². The van der Waals surface area contributed by atoms with Gasteiger partial charge in [-0.2, -0.15) is 0 Å². The molecule has 1 aromatic carbocycles. The molecule has 24 heavy (non-hydrogen) atoms. The molecular formula is C17H21N3O4. The lowest BCUT2D eigenvalue weighted by Gasteiger charge is -2.29. The Labute approximate surface area is 138 Å². The summed E-state index contributed by atoms with van der Waals surface area (Å²) in [5, 5.41) is 12.3. The largest absolute Gasteiger partial charge is 0.480 e. The summed E-state index contributed by atoms with van der Waals surface area (Å²) in [5.41, 5.74) is -0.319. The Morgan fingerprint density at radius 1 is 1.17 bits per heavy atom. The highest BCUT2D eigenvalue weighted by Gasteiger charge is 2.40. The second-order valence-corrected chi connectivity index (χ2v) is 6.38. The van der Waals surface area contributed by atoms with E-state index in [1.165, 1.54) is 4.57 Å². The minimum Gasteiger partial charge on any atom is -0.480 e. The zero-order chi connectivity index (χ0) is 17.2. The number of rotatable bonds is 4. The fourth-order valence-electron chi connectivity index (χ4n) is 3.44. The van der Waals surface area contributed by atoms with E-state index in [0.29, 0.717) is 23.9 Å². The highest BCUT2D eigenvalue weighted by Crippen LogP contribution is 2.27. The Bertz CT molecular complexity index is 813. The highest BCUT2D eigenvalue weighted by molar-refractivity contribution is 5.87. The standard InChI is InChI=1S/C17H21N3O4/c21-14(19-17(15(22)23)9-5-1-2-6-10-17)11-20-13-8-4-3-7-12(13)18-16(20)24/h3-4,7-8H,1-2,5-6,9-11H2,(H,18,24)(H,19,21)(H,22,23). The van der Waals surface area contributed by atoms with E-state index in [4.69, 9.17) is 0 Å². The lowest BCUT2D eigenvalue weighted by atomic mass is 9.90. The van der Waals surface area contributed by atoms with Gasteiger partial charge in [0.15, 0.2) is 0 Å². The van der Waals surface area contributed by atoms with E-state index in [2.05, 4.69) is 10.3 Å². The van der Waals surface area contributed by atoms with Gasteiger partial charge >= 0.3 is 11.7 Å². The number of para-hydroxylation sites is 2. The lowest BCUT2D eigenvalue weighted by Crippen LogP contribution is -2.55. The van der Waals surface area contributed by atoms with Gasteiger partial charge in [0.2, 0.25) is 5.91 Å². The van der Waals surface area contributed by atoms with Crippen molar-refractivity contribution in [2.45, 2.75) is 50.6 Å². The number of aliphatic carboxylic acids is 1. The number of H-pyrrole nitrogens is 1. The van der Waals surface area contributed by atoms with Crippen LogP contribution in [0.1, 0.15) is 38.5 Å². The van der Waals surface area contributed by atoms with Crippen molar-refractivity contribution >= 4 is 22.9 Å². The molecule has 7 nitrogen and oxygen atoms in total. The van der Waals surface area contributed by atoms with Gasteiger partial charge in [0.05, 0.1) is 11.0 Å². The van der Waals surface area contributed by atoms with Crippen molar-refractivity contribution in [3.63, 3.8) is 0 Å². The van der Waals surface area contributed by atoms with Crippen LogP contribution in [0.3, 0.4) is 0 Å². The van der Waals surface area contributed by atoms with Crippen LogP contribution in [0.25, 0.3) is 11.0 Å². The molecule has 1 saturated carbocycles. The van der Waals surface area contributed by atoms with E-state index in [0.717, 1.165) is 25.7 Å². The summed E-state index contributed by atoms with van der Waals surface area (Å²) < 4.78 is 1.33. The molecule has 1 aliphatic rings. The van der Waals surface area contributed by atoms with E-state index in [-0.39, 0.29) is 12.2 Å². The summed E-state index contributed by atoms with van der Waals surface area (Å²) in [5.74, 6) is -1.45. The number of nitrogens with zero attached hydrogens (tertiary/aromatic N) is 1. The van der Waals surface area contributed by atoms with Crippen molar-refractivity contribution < 1.29 is 14.7 Å². The Kier molecular flexibility index (Phi) is 4.42. The molecule has 0 spiro atoms. The average molecular weight is 331 g/mol. The maximum Gasteiger partial charge on any atom is 0.329 e. The number of nitrogens with one attached hydrogen (secondary N) is 2. The van der Waals surface area contributed by atoms with Crippen molar-refractivity contribution in [1.82, 2.24) is 14.9 Å². The third-order valence-corrected chi connectivity index (χ3v) is 4.73. The number of aromatic nitrogens is 2. The Hall–Kier alpha value is -2.57. The first kappa shape index (κ1) is 16.3. The van der Waals surface area contributed by atoms with Crippen molar-refractivity contribution in [3.8, 4) is 0 Å². The van der Waals surface area contributed by atoms with Crippen LogP contribution in [0.5, 0.6) is 0 Å². The molecule has 0 aliphatic heterocycles. The molecule has 1 aromatic heterocycles. The first-order valence-corrected chi connectivity index (χ1v) is 8.24. The van der Waals surface area contributed by atoms with Gasteiger partial charge in [-0.25, -0.2) is 9.59 Å². The number of hydrogen-bond donors (Lipinski definition) is 3. The van der Waals surface area contributed by atoms with Gasteiger partial charge in [0.1, 0.15) is 12.1 Å². The molecule has 1 heterocycles. The SMILES string of the molecule is O=C(Cn1c(=O)[nH]c2ccccc21)NC1(C(=O)O)CCCCCC1. The number of benzene rings is 1. The first-order chi connectivity index (χ1) is 11.5. The minimum atomic E-state index is -1.22. The monoisotopic (exact) mass is 331 g/mol. The van der Waals surface area contributed by atoms with Gasteiger partial charge in [-0.05, 0) is 25.0 Å². The average Bonchev–Trinajstić information content (AvgIpc) is 2.73. The molecule has 1 aliphatic carbocycles. The second-order valence-electron chi connectivity index (χ2n) is 6.38. The summed E-state index contributed by atoms with van der Waals surface area (Å²) in [6, 6.07) is 7.09. The van der Waals surface area contributed by atoms with E-state index in [1.54, 1.807) is 24.3 Å². The molecule has 0 atom stereocenters. The van der Waals surface area contributed by atoms with E-state index in [1.807, 2.05) is 0 Å². The van der Waals surface area contributed by atoms with E-state index in [9.17, 15) is 19.5 Å².